The molecule has 0 radical (unpaired) electrons. The number of ether oxygens (including phenoxy) is 1. The molecule has 1 heterocycles. The third-order valence-corrected chi connectivity index (χ3v) is 2.80. The molecular formula is C10H16N2O2S. The lowest BCUT2D eigenvalue weighted by atomic mass is 10.3. The van der Waals surface area contributed by atoms with E-state index in [2.05, 4.69) is 5.32 Å². The fourth-order valence-corrected chi connectivity index (χ4v) is 1.95. The fourth-order valence-electron chi connectivity index (χ4n) is 1.10. The Bertz CT molecular complexity index is 312. The monoisotopic (exact) mass is 228 g/mol. The van der Waals surface area contributed by atoms with Crippen molar-refractivity contribution in [2.45, 2.75) is 13.5 Å². The molecule has 0 spiro atoms. The largest absolute Gasteiger partial charge is 0.380 e. The summed E-state index contributed by atoms with van der Waals surface area (Å²) in [5.74, 6) is -0.369. The van der Waals surface area contributed by atoms with E-state index in [1.54, 1.807) is 5.38 Å². The molecule has 0 saturated heterocycles. The van der Waals surface area contributed by atoms with Gasteiger partial charge >= 0.3 is 0 Å². The predicted octanol–water partition coefficient (Wildman–Crippen LogP) is 0.973. The molecule has 1 aromatic rings. The second kappa shape index (κ2) is 6.55. The first-order valence-corrected chi connectivity index (χ1v) is 5.77. The SMILES string of the molecule is CCOCCNCc1cc(C(N)=O)cs1. The molecule has 0 saturated carbocycles. The van der Waals surface area contributed by atoms with Crippen LogP contribution in [0.3, 0.4) is 0 Å². The van der Waals surface area contributed by atoms with Crippen LogP contribution < -0.4 is 11.1 Å². The second-order valence-electron chi connectivity index (χ2n) is 3.04. The van der Waals surface area contributed by atoms with Gasteiger partial charge in [-0.2, -0.15) is 0 Å². The van der Waals surface area contributed by atoms with Gasteiger partial charge in [-0.3, -0.25) is 4.79 Å². The van der Waals surface area contributed by atoms with Crippen LogP contribution in [0.1, 0.15) is 22.2 Å². The fraction of sp³-hybridized carbons (Fsp3) is 0.500. The van der Waals surface area contributed by atoms with Gasteiger partial charge in [0, 0.05) is 30.0 Å². The lowest BCUT2D eigenvalue weighted by Crippen LogP contribution is -2.18. The molecule has 15 heavy (non-hydrogen) atoms. The van der Waals surface area contributed by atoms with Crippen molar-refractivity contribution in [1.29, 1.82) is 0 Å². The molecule has 0 atom stereocenters. The number of primary amides is 1. The summed E-state index contributed by atoms with van der Waals surface area (Å²) >= 11 is 1.54. The first kappa shape index (κ1) is 12.2. The van der Waals surface area contributed by atoms with Crippen molar-refractivity contribution in [3.05, 3.63) is 21.9 Å². The smallest absolute Gasteiger partial charge is 0.249 e. The van der Waals surface area contributed by atoms with Crippen molar-refractivity contribution in [2.24, 2.45) is 5.73 Å². The van der Waals surface area contributed by atoms with Gasteiger partial charge in [0.15, 0.2) is 0 Å². The Labute approximate surface area is 93.4 Å². The molecule has 0 aliphatic carbocycles. The third kappa shape index (κ3) is 4.42. The van der Waals surface area contributed by atoms with Crippen molar-refractivity contribution < 1.29 is 9.53 Å². The van der Waals surface area contributed by atoms with E-state index in [0.717, 1.165) is 24.6 Å². The molecule has 1 aromatic heterocycles. The molecule has 0 bridgehead atoms. The van der Waals surface area contributed by atoms with Gasteiger partial charge in [-0.05, 0) is 13.0 Å². The van der Waals surface area contributed by atoms with E-state index in [4.69, 9.17) is 10.5 Å². The topological polar surface area (TPSA) is 64.3 Å². The molecule has 0 fully saturated rings. The summed E-state index contributed by atoms with van der Waals surface area (Å²) in [6.45, 7) is 5.00. The van der Waals surface area contributed by atoms with Crippen LogP contribution in [0.4, 0.5) is 0 Å². The maximum atomic E-state index is 10.8. The third-order valence-electron chi connectivity index (χ3n) is 1.86. The van der Waals surface area contributed by atoms with E-state index in [9.17, 15) is 4.79 Å². The van der Waals surface area contributed by atoms with Gasteiger partial charge in [-0.1, -0.05) is 0 Å². The highest BCUT2D eigenvalue weighted by Gasteiger charge is 2.03. The van der Waals surface area contributed by atoms with Crippen molar-refractivity contribution in [2.75, 3.05) is 19.8 Å². The van der Waals surface area contributed by atoms with Crippen molar-refractivity contribution in [1.82, 2.24) is 5.32 Å². The minimum absolute atomic E-state index is 0.369. The number of amides is 1. The highest BCUT2D eigenvalue weighted by molar-refractivity contribution is 7.10. The zero-order valence-electron chi connectivity index (χ0n) is 8.79. The maximum Gasteiger partial charge on any atom is 0.249 e. The molecule has 0 aromatic carbocycles. The van der Waals surface area contributed by atoms with Gasteiger partial charge in [0.1, 0.15) is 0 Å². The van der Waals surface area contributed by atoms with Gasteiger partial charge in [-0.25, -0.2) is 0 Å². The summed E-state index contributed by atoms with van der Waals surface area (Å²) < 4.78 is 5.18. The van der Waals surface area contributed by atoms with Gasteiger partial charge in [0.05, 0.1) is 12.2 Å². The quantitative estimate of drug-likeness (QED) is 0.684. The number of rotatable bonds is 7. The molecule has 84 valence electrons. The molecule has 0 aliphatic rings. The van der Waals surface area contributed by atoms with Crippen LogP contribution in [0.2, 0.25) is 0 Å². The molecular weight excluding hydrogens is 212 g/mol. The average Bonchev–Trinajstić information content (AvgIpc) is 2.66. The normalized spacial score (nSPS) is 10.5. The molecule has 0 aliphatic heterocycles. The Morgan fingerprint density at radius 1 is 1.67 bits per heavy atom. The molecule has 3 N–H and O–H groups in total. The lowest BCUT2D eigenvalue weighted by molar-refractivity contribution is 0.100. The summed E-state index contributed by atoms with van der Waals surface area (Å²) in [5.41, 5.74) is 5.73. The Balaban J connectivity index is 2.23. The van der Waals surface area contributed by atoms with Crippen molar-refractivity contribution in [3.8, 4) is 0 Å². The van der Waals surface area contributed by atoms with E-state index in [0.29, 0.717) is 12.2 Å². The summed E-state index contributed by atoms with van der Waals surface area (Å²) in [7, 11) is 0. The number of hydrogen-bond acceptors (Lipinski definition) is 4. The van der Waals surface area contributed by atoms with Gasteiger partial charge in [-0.15, -0.1) is 11.3 Å². The number of nitrogens with one attached hydrogen (secondary N) is 1. The highest BCUT2D eigenvalue weighted by atomic mass is 32.1. The van der Waals surface area contributed by atoms with Crippen LogP contribution in [-0.2, 0) is 11.3 Å². The first-order valence-electron chi connectivity index (χ1n) is 4.89. The predicted molar refractivity (Wildman–Crippen MR) is 61.0 cm³/mol. The molecule has 1 rings (SSSR count). The van der Waals surface area contributed by atoms with Crippen LogP contribution in [-0.4, -0.2) is 25.7 Å². The number of thiophene rings is 1. The van der Waals surface area contributed by atoms with Crippen molar-refractivity contribution >= 4 is 17.2 Å². The van der Waals surface area contributed by atoms with Crippen LogP contribution in [0.5, 0.6) is 0 Å². The second-order valence-corrected chi connectivity index (χ2v) is 4.04. The Hall–Kier alpha value is -0.910. The van der Waals surface area contributed by atoms with Crippen LogP contribution in [0, 0.1) is 0 Å². The Morgan fingerprint density at radius 2 is 2.47 bits per heavy atom. The summed E-state index contributed by atoms with van der Waals surface area (Å²) in [6.07, 6.45) is 0. The number of hydrogen-bond donors (Lipinski definition) is 2. The zero-order chi connectivity index (χ0) is 11.1. The molecule has 1 amide bonds. The van der Waals surface area contributed by atoms with E-state index >= 15 is 0 Å². The summed E-state index contributed by atoms with van der Waals surface area (Å²) in [4.78, 5) is 11.9. The van der Waals surface area contributed by atoms with E-state index in [-0.39, 0.29) is 5.91 Å². The lowest BCUT2D eigenvalue weighted by Gasteiger charge is -2.02. The Morgan fingerprint density at radius 3 is 3.07 bits per heavy atom. The van der Waals surface area contributed by atoms with Crippen LogP contribution in [0.25, 0.3) is 0 Å². The number of nitrogens with two attached hydrogens (primary N) is 1. The van der Waals surface area contributed by atoms with Gasteiger partial charge in [0.2, 0.25) is 5.91 Å². The van der Waals surface area contributed by atoms with Gasteiger partial charge < -0.3 is 15.8 Å². The molecule has 5 heteroatoms. The highest BCUT2D eigenvalue weighted by Crippen LogP contribution is 2.13. The van der Waals surface area contributed by atoms with Gasteiger partial charge in [0.25, 0.3) is 0 Å². The number of carbonyl (C=O) groups is 1. The first-order chi connectivity index (χ1) is 7.24. The Kier molecular flexibility index (Phi) is 5.31. The van der Waals surface area contributed by atoms with Crippen LogP contribution >= 0.6 is 11.3 Å². The number of carbonyl (C=O) groups excluding carboxylic acids is 1. The summed E-state index contributed by atoms with van der Waals surface area (Å²) in [5, 5.41) is 5.00. The standard InChI is InChI=1S/C10H16N2O2S/c1-2-14-4-3-12-6-9-5-8(7-15-9)10(11)13/h5,7,12H,2-4,6H2,1H3,(H2,11,13). The minimum atomic E-state index is -0.369. The molecule has 0 unspecified atom stereocenters. The van der Waals surface area contributed by atoms with Crippen molar-refractivity contribution in [3.63, 3.8) is 0 Å². The van der Waals surface area contributed by atoms with E-state index in [1.807, 2.05) is 13.0 Å². The minimum Gasteiger partial charge on any atom is -0.380 e. The average molecular weight is 228 g/mol. The van der Waals surface area contributed by atoms with E-state index < -0.39 is 0 Å². The van der Waals surface area contributed by atoms with E-state index in [1.165, 1.54) is 11.3 Å². The zero-order valence-corrected chi connectivity index (χ0v) is 9.60. The molecule has 4 nitrogen and oxygen atoms in total. The summed E-state index contributed by atoms with van der Waals surface area (Å²) in [6, 6.07) is 1.82. The maximum absolute atomic E-state index is 10.8. The van der Waals surface area contributed by atoms with Crippen LogP contribution in [0.15, 0.2) is 11.4 Å².